The van der Waals surface area contributed by atoms with Crippen LogP contribution in [0.4, 0.5) is 0 Å². The van der Waals surface area contributed by atoms with Gasteiger partial charge in [-0.1, -0.05) is 0 Å². The van der Waals surface area contributed by atoms with E-state index in [1.807, 2.05) is 37.0 Å². The van der Waals surface area contributed by atoms with E-state index in [0.717, 1.165) is 31.5 Å². The van der Waals surface area contributed by atoms with E-state index in [1.165, 1.54) is 24.2 Å². The first-order valence-corrected chi connectivity index (χ1v) is 9.38. The van der Waals surface area contributed by atoms with E-state index in [0.29, 0.717) is 5.92 Å². The van der Waals surface area contributed by atoms with E-state index in [9.17, 15) is 4.79 Å². The number of carbonyl (C=O) groups is 1. The molecule has 1 unspecified atom stereocenters. The fraction of sp³-hybridized carbons (Fsp3) is 0.438. The Bertz CT molecular complexity index is 853. The molecular formula is C16H18N4OS2. The number of fused-ring (bicyclic) bond motifs is 1. The molecule has 1 fully saturated rings. The normalized spacial score (nSPS) is 16.0. The zero-order valence-electron chi connectivity index (χ0n) is 13.3. The second-order valence-electron chi connectivity index (χ2n) is 6.15. The fourth-order valence-electron chi connectivity index (χ4n) is 2.86. The number of thiazole rings is 1. The number of hydrogen-bond acceptors (Lipinski definition) is 5. The molecule has 23 heavy (non-hydrogen) atoms. The Morgan fingerprint density at radius 1 is 1.43 bits per heavy atom. The Labute approximate surface area is 142 Å². The summed E-state index contributed by atoms with van der Waals surface area (Å²) in [6.45, 7) is 3.97. The number of nitrogens with one attached hydrogen (secondary N) is 1. The average Bonchev–Trinajstić information content (AvgIpc) is 2.99. The van der Waals surface area contributed by atoms with Gasteiger partial charge in [-0.25, -0.2) is 4.98 Å². The van der Waals surface area contributed by atoms with Crippen molar-refractivity contribution in [3.63, 3.8) is 0 Å². The van der Waals surface area contributed by atoms with Crippen molar-refractivity contribution in [1.29, 1.82) is 0 Å². The molecule has 1 atom stereocenters. The summed E-state index contributed by atoms with van der Waals surface area (Å²) < 4.78 is 1.84. The van der Waals surface area contributed by atoms with Crippen LogP contribution >= 0.6 is 22.7 Å². The van der Waals surface area contributed by atoms with Crippen LogP contribution < -0.4 is 5.32 Å². The lowest BCUT2D eigenvalue weighted by molar-refractivity contribution is 0.0936. The molecule has 1 N–H and O–H groups in total. The number of hydrogen-bond donors (Lipinski definition) is 1. The standard InChI is InChI=1S/C16H18N4OS2/c1-8-7-22-15(17-8)13(10-4-5-10)18-14(21)12-6-11-9(2)19-20(3)16(11)23-12/h6-7,10,13H,4-5H2,1-3H3,(H,18,21). The first-order chi connectivity index (χ1) is 11.0. The van der Waals surface area contributed by atoms with Crippen LogP contribution in [0.15, 0.2) is 11.4 Å². The molecule has 1 aliphatic carbocycles. The zero-order valence-corrected chi connectivity index (χ0v) is 14.9. The summed E-state index contributed by atoms with van der Waals surface area (Å²) in [4.78, 5) is 19.1. The van der Waals surface area contributed by atoms with Gasteiger partial charge >= 0.3 is 0 Å². The number of carbonyl (C=O) groups excluding carboxylic acids is 1. The van der Waals surface area contributed by atoms with Gasteiger partial charge in [0.05, 0.1) is 16.6 Å². The Hall–Kier alpha value is -1.73. The molecule has 1 saturated carbocycles. The van der Waals surface area contributed by atoms with Gasteiger partial charge in [-0.05, 0) is 38.7 Å². The molecule has 3 heterocycles. The van der Waals surface area contributed by atoms with Gasteiger partial charge in [-0.3, -0.25) is 9.48 Å². The number of nitrogens with zero attached hydrogens (tertiary/aromatic N) is 3. The molecule has 1 amide bonds. The molecular weight excluding hydrogens is 328 g/mol. The van der Waals surface area contributed by atoms with Gasteiger partial charge in [-0.2, -0.15) is 5.10 Å². The largest absolute Gasteiger partial charge is 0.342 e. The topological polar surface area (TPSA) is 59.8 Å². The summed E-state index contributed by atoms with van der Waals surface area (Å²) in [7, 11) is 1.92. The quantitative estimate of drug-likeness (QED) is 0.785. The molecule has 0 aliphatic heterocycles. The van der Waals surface area contributed by atoms with E-state index in [4.69, 9.17) is 0 Å². The van der Waals surface area contributed by atoms with Gasteiger partial charge in [-0.15, -0.1) is 22.7 Å². The number of amides is 1. The minimum absolute atomic E-state index is 0.00430. The molecule has 5 nitrogen and oxygen atoms in total. The summed E-state index contributed by atoms with van der Waals surface area (Å²) in [5.41, 5.74) is 1.99. The SMILES string of the molecule is Cc1csc(C(NC(=O)c2cc3c(C)nn(C)c3s2)C2CC2)n1. The van der Waals surface area contributed by atoms with Crippen LogP contribution in [-0.4, -0.2) is 20.7 Å². The molecule has 3 aromatic heterocycles. The van der Waals surface area contributed by atoms with Crippen molar-refractivity contribution < 1.29 is 4.79 Å². The van der Waals surface area contributed by atoms with Crippen LogP contribution in [0.2, 0.25) is 0 Å². The number of rotatable bonds is 4. The molecule has 0 spiro atoms. The summed E-state index contributed by atoms with van der Waals surface area (Å²) in [6, 6.07) is 2.00. The molecule has 4 rings (SSSR count). The van der Waals surface area contributed by atoms with Gasteiger partial charge in [0.1, 0.15) is 9.84 Å². The van der Waals surface area contributed by atoms with E-state index in [1.54, 1.807) is 11.3 Å². The van der Waals surface area contributed by atoms with Crippen LogP contribution in [0.3, 0.4) is 0 Å². The van der Waals surface area contributed by atoms with Gasteiger partial charge in [0.2, 0.25) is 0 Å². The maximum atomic E-state index is 12.7. The van der Waals surface area contributed by atoms with Crippen molar-refractivity contribution in [3.05, 3.63) is 32.7 Å². The second-order valence-corrected chi connectivity index (χ2v) is 8.07. The van der Waals surface area contributed by atoms with Gasteiger partial charge < -0.3 is 5.32 Å². The third-order valence-corrected chi connectivity index (χ3v) is 6.45. The van der Waals surface area contributed by atoms with Crippen LogP contribution in [-0.2, 0) is 7.05 Å². The Morgan fingerprint density at radius 2 is 2.22 bits per heavy atom. The smallest absolute Gasteiger partial charge is 0.262 e. The highest BCUT2D eigenvalue weighted by atomic mass is 32.1. The number of thiophene rings is 1. The second kappa shape index (κ2) is 5.42. The van der Waals surface area contributed by atoms with Gasteiger partial charge in [0.15, 0.2) is 0 Å². The van der Waals surface area contributed by atoms with Crippen molar-refractivity contribution in [1.82, 2.24) is 20.1 Å². The Morgan fingerprint density at radius 3 is 2.83 bits per heavy atom. The third-order valence-electron chi connectivity index (χ3n) is 4.20. The lowest BCUT2D eigenvalue weighted by atomic mass is 10.2. The highest BCUT2D eigenvalue weighted by Gasteiger charge is 2.35. The first kappa shape index (κ1) is 14.8. The lowest BCUT2D eigenvalue weighted by Gasteiger charge is -2.15. The number of aryl methyl sites for hydroxylation is 3. The fourth-order valence-corrected chi connectivity index (χ4v) is 4.82. The van der Waals surface area contributed by atoms with E-state index in [-0.39, 0.29) is 11.9 Å². The molecule has 0 bridgehead atoms. The summed E-state index contributed by atoms with van der Waals surface area (Å²) in [5.74, 6) is 0.526. The van der Waals surface area contributed by atoms with E-state index < -0.39 is 0 Å². The third kappa shape index (κ3) is 2.68. The maximum Gasteiger partial charge on any atom is 0.262 e. The predicted molar refractivity (Wildman–Crippen MR) is 93.1 cm³/mol. The minimum Gasteiger partial charge on any atom is -0.342 e. The van der Waals surface area contributed by atoms with Crippen LogP contribution in [0.5, 0.6) is 0 Å². The maximum absolute atomic E-state index is 12.7. The van der Waals surface area contributed by atoms with Crippen LogP contribution in [0.1, 0.15) is 45.0 Å². The molecule has 120 valence electrons. The summed E-state index contributed by atoms with van der Waals surface area (Å²) in [5, 5.41) is 11.7. The Kier molecular flexibility index (Phi) is 3.50. The van der Waals surface area contributed by atoms with Gasteiger partial charge in [0, 0.05) is 23.5 Å². The summed E-state index contributed by atoms with van der Waals surface area (Å²) >= 11 is 3.14. The molecule has 0 saturated heterocycles. The zero-order chi connectivity index (χ0) is 16.1. The molecule has 1 aliphatic rings. The Balaban J connectivity index is 1.60. The summed E-state index contributed by atoms with van der Waals surface area (Å²) in [6.07, 6.45) is 2.33. The van der Waals surface area contributed by atoms with Crippen molar-refractivity contribution in [2.75, 3.05) is 0 Å². The van der Waals surface area contributed by atoms with E-state index >= 15 is 0 Å². The van der Waals surface area contributed by atoms with Crippen molar-refractivity contribution in [3.8, 4) is 0 Å². The lowest BCUT2D eigenvalue weighted by Crippen LogP contribution is -2.29. The van der Waals surface area contributed by atoms with Crippen molar-refractivity contribution in [2.45, 2.75) is 32.7 Å². The van der Waals surface area contributed by atoms with Crippen molar-refractivity contribution >= 4 is 38.8 Å². The monoisotopic (exact) mass is 346 g/mol. The van der Waals surface area contributed by atoms with Crippen molar-refractivity contribution in [2.24, 2.45) is 13.0 Å². The van der Waals surface area contributed by atoms with E-state index in [2.05, 4.69) is 15.4 Å². The average molecular weight is 346 g/mol. The first-order valence-electron chi connectivity index (χ1n) is 7.69. The van der Waals surface area contributed by atoms with Crippen LogP contribution in [0.25, 0.3) is 10.2 Å². The molecule has 0 radical (unpaired) electrons. The molecule has 0 aromatic carbocycles. The van der Waals surface area contributed by atoms with Crippen LogP contribution in [0, 0.1) is 19.8 Å². The highest BCUT2D eigenvalue weighted by Crippen LogP contribution is 2.42. The molecule has 3 aromatic rings. The minimum atomic E-state index is -0.00430. The van der Waals surface area contributed by atoms with Gasteiger partial charge in [0.25, 0.3) is 5.91 Å². The highest BCUT2D eigenvalue weighted by molar-refractivity contribution is 7.20. The number of aromatic nitrogens is 3. The molecule has 7 heteroatoms. The predicted octanol–water partition coefficient (Wildman–Crippen LogP) is 3.59.